The third-order valence-electron chi connectivity index (χ3n) is 3.61. The summed E-state index contributed by atoms with van der Waals surface area (Å²) in [6.07, 6.45) is 3.36. The molecule has 7 heteroatoms. The van der Waals surface area contributed by atoms with Crippen LogP contribution in [0.4, 0.5) is 5.69 Å². The molecule has 1 amide bonds. The molecular formula is C18H10ClN3OS2. The smallest absolute Gasteiger partial charge is 0.268 e. The fraction of sp³-hybridized carbons (Fsp3) is 0. The number of hydrogen-bond donors (Lipinski definition) is 0. The number of hydrogen-bond acceptors (Lipinski definition) is 5. The average Bonchev–Trinajstić information content (AvgIpc) is 2.88. The quantitative estimate of drug-likeness (QED) is 0.474. The predicted octanol–water partition coefficient (Wildman–Crippen LogP) is 4.69. The van der Waals surface area contributed by atoms with Crippen molar-refractivity contribution in [2.75, 3.05) is 4.90 Å². The molecule has 1 fully saturated rings. The number of benzene rings is 2. The number of halogens is 1. The zero-order valence-corrected chi connectivity index (χ0v) is 15.1. The second-order valence-corrected chi connectivity index (χ2v) is 7.39. The lowest BCUT2D eigenvalue weighted by atomic mass is 10.2. The van der Waals surface area contributed by atoms with Crippen molar-refractivity contribution >= 4 is 68.6 Å². The fourth-order valence-electron chi connectivity index (χ4n) is 2.48. The van der Waals surface area contributed by atoms with E-state index in [0.29, 0.717) is 25.6 Å². The zero-order valence-electron chi connectivity index (χ0n) is 12.7. The predicted molar refractivity (Wildman–Crippen MR) is 107 cm³/mol. The van der Waals surface area contributed by atoms with Crippen molar-refractivity contribution in [2.24, 2.45) is 0 Å². The van der Waals surface area contributed by atoms with Gasteiger partial charge in [0.2, 0.25) is 0 Å². The molecule has 0 atom stereocenters. The molecule has 3 aromatic rings. The van der Waals surface area contributed by atoms with Crippen LogP contribution in [0.2, 0.25) is 5.02 Å². The molecule has 2 aromatic carbocycles. The number of nitrogens with zero attached hydrogens (tertiary/aromatic N) is 3. The number of thioether (sulfide) groups is 1. The first-order valence-corrected chi connectivity index (χ1v) is 8.97. The Hall–Kier alpha value is -2.28. The minimum Gasteiger partial charge on any atom is -0.268 e. The van der Waals surface area contributed by atoms with Crippen molar-refractivity contribution in [3.63, 3.8) is 0 Å². The van der Waals surface area contributed by atoms with Crippen molar-refractivity contribution in [3.05, 3.63) is 70.3 Å². The molecule has 122 valence electrons. The van der Waals surface area contributed by atoms with Gasteiger partial charge in [-0.3, -0.25) is 14.7 Å². The number of amides is 1. The van der Waals surface area contributed by atoms with Gasteiger partial charge in [-0.15, -0.1) is 0 Å². The average molecular weight is 384 g/mol. The summed E-state index contributed by atoms with van der Waals surface area (Å²) in [5.41, 5.74) is 2.86. The van der Waals surface area contributed by atoms with Gasteiger partial charge in [-0.05, 0) is 36.4 Å². The summed E-state index contributed by atoms with van der Waals surface area (Å²) in [7, 11) is 0. The second kappa shape index (κ2) is 6.55. The van der Waals surface area contributed by atoms with Gasteiger partial charge in [0.15, 0.2) is 4.32 Å². The molecule has 25 heavy (non-hydrogen) atoms. The molecule has 0 radical (unpaired) electrons. The van der Waals surface area contributed by atoms with E-state index < -0.39 is 0 Å². The third kappa shape index (κ3) is 3.16. The van der Waals surface area contributed by atoms with Crippen LogP contribution < -0.4 is 4.90 Å². The molecule has 0 aliphatic carbocycles. The van der Waals surface area contributed by atoms with Crippen LogP contribution in [0.25, 0.3) is 17.1 Å². The number of para-hydroxylation sites is 2. The number of anilines is 1. The van der Waals surface area contributed by atoms with E-state index in [1.165, 1.54) is 16.7 Å². The molecule has 4 rings (SSSR count). The number of thiocarbonyl (C=S) groups is 1. The molecule has 2 heterocycles. The number of aromatic nitrogens is 2. The highest BCUT2D eigenvalue weighted by atomic mass is 35.5. The first-order valence-electron chi connectivity index (χ1n) is 7.37. The van der Waals surface area contributed by atoms with Crippen LogP contribution in [0.3, 0.4) is 0 Å². The highest BCUT2D eigenvalue weighted by molar-refractivity contribution is 8.27. The van der Waals surface area contributed by atoms with Gasteiger partial charge in [-0.2, -0.15) is 0 Å². The van der Waals surface area contributed by atoms with Crippen LogP contribution in [0, 0.1) is 0 Å². The number of rotatable bonds is 2. The third-order valence-corrected chi connectivity index (χ3v) is 5.14. The van der Waals surface area contributed by atoms with Crippen molar-refractivity contribution in [1.29, 1.82) is 0 Å². The zero-order chi connectivity index (χ0) is 17.4. The van der Waals surface area contributed by atoms with Crippen LogP contribution in [0.15, 0.2) is 59.6 Å². The van der Waals surface area contributed by atoms with Crippen molar-refractivity contribution in [3.8, 4) is 0 Å². The van der Waals surface area contributed by atoms with Crippen LogP contribution in [0.5, 0.6) is 0 Å². The summed E-state index contributed by atoms with van der Waals surface area (Å²) >= 11 is 12.6. The summed E-state index contributed by atoms with van der Waals surface area (Å²) < 4.78 is 0.465. The minimum absolute atomic E-state index is 0.188. The maximum atomic E-state index is 12.8. The minimum atomic E-state index is -0.188. The Bertz CT molecular complexity index is 1050. The van der Waals surface area contributed by atoms with E-state index in [4.69, 9.17) is 23.8 Å². The Morgan fingerprint density at radius 1 is 1.12 bits per heavy atom. The van der Waals surface area contributed by atoms with Gasteiger partial charge in [-0.25, -0.2) is 4.98 Å². The Morgan fingerprint density at radius 2 is 1.92 bits per heavy atom. The van der Waals surface area contributed by atoms with E-state index in [1.54, 1.807) is 36.5 Å². The fourth-order valence-corrected chi connectivity index (χ4v) is 3.95. The van der Waals surface area contributed by atoms with Crippen molar-refractivity contribution in [1.82, 2.24) is 9.97 Å². The summed E-state index contributed by atoms with van der Waals surface area (Å²) in [6, 6.07) is 14.6. The van der Waals surface area contributed by atoms with Crippen LogP contribution in [-0.4, -0.2) is 20.2 Å². The number of carbonyl (C=O) groups excluding carboxylic acids is 1. The lowest BCUT2D eigenvalue weighted by Crippen LogP contribution is -2.27. The molecule has 1 aliphatic rings. The van der Waals surface area contributed by atoms with Gasteiger partial charge in [0.05, 0.1) is 33.5 Å². The van der Waals surface area contributed by atoms with E-state index in [0.717, 1.165) is 11.0 Å². The number of carbonyl (C=O) groups is 1. The van der Waals surface area contributed by atoms with Gasteiger partial charge >= 0.3 is 0 Å². The highest BCUT2D eigenvalue weighted by Crippen LogP contribution is 2.36. The normalized spacial score (nSPS) is 16.2. The van der Waals surface area contributed by atoms with Gasteiger partial charge < -0.3 is 0 Å². The summed E-state index contributed by atoms with van der Waals surface area (Å²) in [5.74, 6) is -0.188. The van der Waals surface area contributed by atoms with E-state index >= 15 is 0 Å². The Morgan fingerprint density at radius 3 is 2.72 bits per heavy atom. The van der Waals surface area contributed by atoms with E-state index in [1.807, 2.05) is 24.3 Å². The van der Waals surface area contributed by atoms with Crippen LogP contribution >= 0.6 is 35.6 Å². The highest BCUT2D eigenvalue weighted by Gasteiger charge is 2.33. The molecule has 0 bridgehead atoms. The Balaban J connectivity index is 1.69. The monoisotopic (exact) mass is 383 g/mol. The second-order valence-electron chi connectivity index (χ2n) is 5.28. The summed E-state index contributed by atoms with van der Waals surface area (Å²) in [4.78, 5) is 23.6. The molecule has 1 aromatic heterocycles. The summed E-state index contributed by atoms with van der Waals surface area (Å²) in [5, 5.41) is 0.552. The Kier molecular flexibility index (Phi) is 4.25. The van der Waals surface area contributed by atoms with E-state index in [2.05, 4.69) is 9.97 Å². The van der Waals surface area contributed by atoms with E-state index in [9.17, 15) is 4.79 Å². The van der Waals surface area contributed by atoms with Gasteiger partial charge in [0, 0.05) is 5.02 Å². The molecule has 0 N–H and O–H groups in total. The molecule has 4 nitrogen and oxygen atoms in total. The van der Waals surface area contributed by atoms with Gasteiger partial charge in [-0.1, -0.05) is 53.8 Å². The molecule has 1 aliphatic heterocycles. The molecule has 1 saturated heterocycles. The largest absolute Gasteiger partial charge is 0.270 e. The standard InChI is InChI=1S/C18H10ClN3OS2/c19-11-4-3-5-13(8-11)22-17(23)16(25-18(22)24)9-12-10-20-14-6-1-2-7-15(14)21-12/h1-10H. The van der Waals surface area contributed by atoms with Crippen molar-refractivity contribution < 1.29 is 4.79 Å². The molecule has 0 spiro atoms. The SMILES string of the molecule is O=C1C(=Cc2cnc3ccccc3n2)SC(=S)N1c1cccc(Cl)c1. The van der Waals surface area contributed by atoms with Crippen LogP contribution in [0.1, 0.15) is 5.69 Å². The van der Waals surface area contributed by atoms with E-state index in [-0.39, 0.29) is 5.91 Å². The first-order chi connectivity index (χ1) is 12.1. The topological polar surface area (TPSA) is 46.1 Å². The van der Waals surface area contributed by atoms with Gasteiger partial charge in [0.25, 0.3) is 5.91 Å². The van der Waals surface area contributed by atoms with Gasteiger partial charge in [0.1, 0.15) is 0 Å². The van der Waals surface area contributed by atoms with Crippen LogP contribution in [-0.2, 0) is 4.79 Å². The molecular weight excluding hydrogens is 374 g/mol. The molecule has 0 unspecified atom stereocenters. The lowest BCUT2D eigenvalue weighted by Gasteiger charge is -2.14. The first kappa shape index (κ1) is 16.2. The van der Waals surface area contributed by atoms with Crippen molar-refractivity contribution in [2.45, 2.75) is 0 Å². The Labute approximate surface area is 158 Å². The summed E-state index contributed by atoms with van der Waals surface area (Å²) in [6.45, 7) is 0. The number of fused-ring (bicyclic) bond motifs is 1. The maximum absolute atomic E-state index is 12.8. The molecule has 0 saturated carbocycles. The lowest BCUT2D eigenvalue weighted by molar-refractivity contribution is -0.113. The maximum Gasteiger partial charge on any atom is 0.270 e.